The summed E-state index contributed by atoms with van der Waals surface area (Å²) < 4.78 is 38.1. The highest BCUT2D eigenvalue weighted by Crippen LogP contribution is 2.34. The van der Waals surface area contributed by atoms with Crippen LogP contribution in [0.2, 0.25) is 0 Å². The van der Waals surface area contributed by atoms with Gasteiger partial charge in [-0.15, -0.1) is 0 Å². The number of amides is 1. The van der Waals surface area contributed by atoms with Crippen LogP contribution in [0, 0.1) is 11.6 Å². The Bertz CT molecular complexity index is 800. The van der Waals surface area contributed by atoms with Gasteiger partial charge in [-0.05, 0) is 36.8 Å². The Labute approximate surface area is 158 Å². The van der Waals surface area contributed by atoms with Gasteiger partial charge in [0, 0.05) is 28.9 Å². The third-order valence-corrected chi connectivity index (χ3v) is 4.54. The Morgan fingerprint density at radius 3 is 2.92 bits per heavy atom. The molecule has 1 unspecified atom stereocenters. The molecule has 1 aliphatic heterocycles. The Hall–Kier alpha value is -2.15. The molecule has 138 valence electrons. The number of carbonyl (C=O) groups is 1. The van der Waals surface area contributed by atoms with E-state index < -0.39 is 11.6 Å². The Balaban J connectivity index is 1.47. The monoisotopic (exact) mass is 425 g/mol. The van der Waals surface area contributed by atoms with Crippen molar-refractivity contribution >= 4 is 21.8 Å². The average molecular weight is 426 g/mol. The van der Waals surface area contributed by atoms with Crippen LogP contribution in [-0.2, 0) is 4.79 Å². The molecule has 0 saturated heterocycles. The van der Waals surface area contributed by atoms with Crippen LogP contribution in [-0.4, -0.2) is 19.1 Å². The van der Waals surface area contributed by atoms with Gasteiger partial charge in [-0.25, -0.2) is 8.78 Å². The van der Waals surface area contributed by atoms with Crippen molar-refractivity contribution in [3.8, 4) is 11.5 Å². The van der Waals surface area contributed by atoms with Gasteiger partial charge in [-0.3, -0.25) is 4.79 Å². The van der Waals surface area contributed by atoms with Crippen molar-refractivity contribution in [1.82, 2.24) is 5.32 Å². The van der Waals surface area contributed by atoms with Crippen molar-refractivity contribution in [2.24, 2.45) is 0 Å². The minimum atomic E-state index is -0.751. The van der Waals surface area contributed by atoms with Crippen molar-refractivity contribution in [3.05, 3.63) is 58.1 Å². The zero-order valence-corrected chi connectivity index (χ0v) is 15.5. The van der Waals surface area contributed by atoms with E-state index in [4.69, 9.17) is 9.47 Å². The summed E-state index contributed by atoms with van der Waals surface area (Å²) in [6.45, 7) is 0.721. The van der Waals surface area contributed by atoms with Gasteiger partial charge in [-0.1, -0.05) is 15.9 Å². The lowest BCUT2D eigenvalue weighted by molar-refractivity contribution is -0.122. The van der Waals surface area contributed by atoms with Crippen LogP contribution in [0.25, 0.3) is 0 Å². The van der Waals surface area contributed by atoms with Gasteiger partial charge < -0.3 is 14.8 Å². The van der Waals surface area contributed by atoms with E-state index in [0.717, 1.165) is 27.9 Å². The van der Waals surface area contributed by atoms with E-state index >= 15 is 0 Å². The highest BCUT2D eigenvalue weighted by atomic mass is 79.9. The third-order valence-electron chi connectivity index (χ3n) is 4.05. The average Bonchev–Trinajstić information content (AvgIpc) is 2.61. The number of rotatable bonds is 6. The van der Waals surface area contributed by atoms with E-state index in [1.807, 2.05) is 18.2 Å². The van der Waals surface area contributed by atoms with Crippen molar-refractivity contribution in [1.29, 1.82) is 0 Å². The molecule has 0 radical (unpaired) electrons. The number of halogens is 3. The molecule has 0 spiro atoms. The highest BCUT2D eigenvalue weighted by Gasteiger charge is 2.23. The first-order valence-electron chi connectivity index (χ1n) is 8.32. The zero-order valence-electron chi connectivity index (χ0n) is 13.9. The molecule has 1 heterocycles. The number of hydrogen-bond donors (Lipinski definition) is 1. The predicted octanol–water partition coefficient (Wildman–Crippen LogP) is 4.53. The lowest BCUT2D eigenvalue weighted by Crippen LogP contribution is -2.32. The number of carbonyl (C=O) groups excluding carboxylic acids is 1. The molecule has 1 N–H and O–H groups in total. The maximum absolute atomic E-state index is 13.5. The summed E-state index contributed by atoms with van der Waals surface area (Å²) in [4.78, 5) is 12.2. The van der Waals surface area contributed by atoms with E-state index in [1.54, 1.807) is 0 Å². The Morgan fingerprint density at radius 2 is 2.12 bits per heavy atom. The lowest BCUT2D eigenvalue weighted by Gasteiger charge is -2.27. The summed E-state index contributed by atoms with van der Waals surface area (Å²) in [6, 6.07) is 8.76. The summed E-state index contributed by atoms with van der Waals surface area (Å²) in [7, 11) is 0. The fraction of sp³-hybridized carbons (Fsp3) is 0.316. The van der Waals surface area contributed by atoms with E-state index in [0.29, 0.717) is 19.4 Å². The Kier molecular flexibility index (Phi) is 6.08. The minimum absolute atomic E-state index is 0.0185. The SMILES string of the molecule is O=C(CCCOc1ccc(F)cc1F)NC1CCOc2ccc(Br)cc21. The van der Waals surface area contributed by atoms with Crippen LogP contribution in [0.5, 0.6) is 11.5 Å². The van der Waals surface area contributed by atoms with Crippen molar-refractivity contribution in [2.45, 2.75) is 25.3 Å². The Morgan fingerprint density at radius 1 is 1.27 bits per heavy atom. The summed E-state index contributed by atoms with van der Waals surface area (Å²) in [6.07, 6.45) is 1.38. The van der Waals surface area contributed by atoms with Crippen molar-refractivity contribution in [2.75, 3.05) is 13.2 Å². The zero-order chi connectivity index (χ0) is 18.5. The number of hydrogen-bond acceptors (Lipinski definition) is 3. The second-order valence-corrected chi connectivity index (χ2v) is 6.88. The van der Waals surface area contributed by atoms with Crippen LogP contribution in [0.3, 0.4) is 0 Å². The first kappa shape index (κ1) is 18.6. The van der Waals surface area contributed by atoms with Crippen molar-refractivity contribution < 1.29 is 23.0 Å². The van der Waals surface area contributed by atoms with Gasteiger partial charge >= 0.3 is 0 Å². The molecule has 26 heavy (non-hydrogen) atoms. The largest absolute Gasteiger partial charge is 0.493 e. The van der Waals surface area contributed by atoms with Crippen LogP contribution >= 0.6 is 15.9 Å². The van der Waals surface area contributed by atoms with E-state index in [1.165, 1.54) is 6.07 Å². The number of ether oxygens (including phenoxy) is 2. The molecule has 2 aromatic rings. The molecule has 1 aliphatic rings. The van der Waals surface area contributed by atoms with Gasteiger partial charge in [0.2, 0.25) is 5.91 Å². The first-order valence-corrected chi connectivity index (χ1v) is 9.11. The minimum Gasteiger partial charge on any atom is -0.493 e. The molecule has 1 amide bonds. The van der Waals surface area contributed by atoms with E-state index in [2.05, 4.69) is 21.2 Å². The van der Waals surface area contributed by atoms with Gasteiger partial charge in [0.1, 0.15) is 11.6 Å². The van der Waals surface area contributed by atoms with Crippen molar-refractivity contribution in [3.63, 3.8) is 0 Å². The summed E-state index contributed by atoms with van der Waals surface area (Å²) in [5.41, 5.74) is 0.948. The molecule has 2 aromatic carbocycles. The first-order chi connectivity index (χ1) is 12.5. The molecule has 0 bridgehead atoms. The fourth-order valence-electron chi connectivity index (χ4n) is 2.79. The van der Waals surface area contributed by atoms with E-state index in [9.17, 15) is 13.6 Å². The molecule has 4 nitrogen and oxygen atoms in total. The number of fused-ring (bicyclic) bond motifs is 1. The molecule has 0 fully saturated rings. The number of nitrogens with one attached hydrogen (secondary N) is 1. The molecule has 7 heteroatoms. The van der Waals surface area contributed by atoms with Crippen LogP contribution in [0.4, 0.5) is 8.78 Å². The molecular weight excluding hydrogens is 408 g/mol. The van der Waals surface area contributed by atoms with Crippen LogP contribution in [0.15, 0.2) is 40.9 Å². The van der Waals surface area contributed by atoms with Crippen LogP contribution < -0.4 is 14.8 Å². The second-order valence-electron chi connectivity index (χ2n) is 5.97. The molecule has 0 saturated carbocycles. The quantitative estimate of drug-likeness (QED) is 0.691. The maximum atomic E-state index is 13.5. The summed E-state index contributed by atoms with van der Waals surface area (Å²) >= 11 is 3.43. The topological polar surface area (TPSA) is 47.6 Å². The smallest absolute Gasteiger partial charge is 0.220 e. The highest BCUT2D eigenvalue weighted by molar-refractivity contribution is 9.10. The van der Waals surface area contributed by atoms with E-state index in [-0.39, 0.29) is 30.7 Å². The molecule has 3 rings (SSSR count). The molecule has 1 atom stereocenters. The molecular formula is C19H18BrF2NO3. The standard InChI is InChI=1S/C19H18BrF2NO3/c20-12-3-5-17-14(10-12)16(7-9-26-17)23-19(24)2-1-8-25-18-6-4-13(21)11-15(18)22/h3-6,10-11,16H,1-2,7-9H2,(H,23,24). The van der Waals surface area contributed by atoms with Gasteiger partial charge in [0.05, 0.1) is 19.3 Å². The van der Waals surface area contributed by atoms with Gasteiger partial charge in [0.25, 0.3) is 0 Å². The summed E-state index contributed by atoms with van der Waals surface area (Å²) in [5, 5.41) is 3.00. The second kappa shape index (κ2) is 8.49. The lowest BCUT2D eigenvalue weighted by atomic mass is 10.0. The number of benzene rings is 2. The third kappa shape index (κ3) is 4.72. The normalized spacial score (nSPS) is 15.7. The molecule has 0 aromatic heterocycles. The molecule has 0 aliphatic carbocycles. The summed E-state index contributed by atoms with van der Waals surface area (Å²) in [5.74, 6) is -0.752. The maximum Gasteiger partial charge on any atom is 0.220 e. The van der Waals surface area contributed by atoms with Gasteiger partial charge in [0.15, 0.2) is 11.6 Å². The fourth-order valence-corrected chi connectivity index (χ4v) is 3.17. The van der Waals surface area contributed by atoms with Crippen LogP contribution in [0.1, 0.15) is 30.9 Å². The van der Waals surface area contributed by atoms with Gasteiger partial charge in [-0.2, -0.15) is 0 Å². The predicted molar refractivity (Wildman–Crippen MR) is 96.2 cm³/mol.